The van der Waals surface area contributed by atoms with Gasteiger partial charge < -0.3 is 20.5 Å². The van der Waals surface area contributed by atoms with Crippen LogP contribution in [-0.4, -0.2) is 46.4 Å². The van der Waals surface area contributed by atoms with Gasteiger partial charge >= 0.3 is 6.03 Å². The van der Waals surface area contributed by atoms with Gasteiger partial charge in [0.05, 0.1) is 6.33 Å². The highest BCUT2D eigenvalue weighted by atomic mass is 16.2. The molecule has 2 aromatic rings. The number of likely N-dealkylation sites (tertiary alicyclic amines) is 1. The normalized spacial score (nSPS) is 17.0. The number of nitrogens with zero attached hydrogens (tertiary/aromatic N) is 2. The number of urea groups is 1. The summed E-state index contributed by atoms with van der Waals surface area (Å²) in [5.74, 6) is 0.617. The average Bonchev–Trinajstić information content (AvgIpc) is 3.15. The molecule has 1 saturated heterocycles. The van der Waals surface area contributed by atoms with Crippen LogP contribution in [0.3, 0.4) is 0 Å². The van der Waals surface area contributed by atoms with E-state index in [0.717, 1.165) is 25.2 Å². The van der Waals surface area contributed by atoms with Gasteiger partial charge in [0.1, 0.15) is 0 Å². The molecule has 7 nitrogen and oxygen atoms in total. The van der Waals surface area contributed by atoms with Crippen molar-refractivity contribution in [3.05, 3.63) is 48.0 Å². The molecule has 3 rings (SSSR count). The second kappa shape index (κ2) is 8.51. The third-order valence-electron chi connectivity index (χ3n) is 4.57. The van der Waals surface area contributed by atoms with Gasteiger partial charge in [-0.2, -0.15) is 0 Å². The van der Waals surface area contributed by atoms with Crippen molar-refractivity contribution < 1.29 is 9.59 Å². The van der Waals surface area contributed by atoms with E-state index in [-0.39, 0.29) is 11.9 Å². The number of piperidine rings is 1. The molecule has 138 valence electrons. The van der Waals surface area contributed by atoms with E-state index in [2.05, 4.69) is 27.5 Å². The fraction of sp³-hybridized carbons (Fsp3) is 0.421. The van der Waals surface area contributed by atoms with E-state index in [0.29, 0.717) is 30.1 Å². The van der Waals surface area contributed by atoms with E-state index in [1.165, 1.54) is 6.42 Å². The first-order valence-electron chi connectivity index (χ1n) is 9.03. The minimum absolute atomic E-state index is 0.0621. The van der Waals surface area contributed by atoms with Crippen molar-refractivity contribution in [2.24, 2.45) is 5.92 Å². The molecule has 1 aromatic carbocycles. The Morgan fingerprint density at radius 3 is 2.81 bits per heavy atom. The maximum atomic E-state index is 12.6. The molecule has 0 bridgehead atoms. The van der Waals surface area contributed by atoms with Crippen molar-refractivity contribution in [1.82, 2.24) is 20.2 Å². The number of amides is 3. The maximum absolute atomic E-state index is 12.6. The van der Waals surface area contributed by atoms with Crippen LogP contribution in [0.4, 0.5) is 10.5 Å². The predicted molar refractivity (Wildman–Crippen MR) is 100 cm³/mol. The molecule has 1 fully saturated rings. The number of rotatable bonds is 5. The van der Waals surface area contributed by atoms with Gasteiger partial charge in [-0.15, -0.1) is 0 Å². The maximum Gasteiger partial charge on any atom is 0.319 e. The standard InChI is InChI=1S/C19H25N5O2/c1-14-3-2-10-24(12-14)18(25)15-4-6-16(7-5-15)23-19(26)21-9-8-17-11-20-13-22-17/h4-7,11,13-14H,2-3,8-10,12H2,1H3,(H,20,22)(H2,21,23,26). The average molecular weight is 355 g/mol. The number of imidazole rings is 1. The molecule has 0 saturated carbocycles. The van der Waals surface area contributed by atoms with Crippen LogP contribution in [0.1, 0.15) is 35.8 Å². The van der Waals surface area contributed by atoms with Crippen LogP contribution in [0.2, 0.25) is 0 Å². The summed E-state index contributed by atoms with van der Waals surface area (Å²) in [4.78, 5) is 33.3. The lowest BCUT2D eigenvalue weighted by Gasteiger charge is -2.31. The Balaban J connectivity index is 1.47. The van der Waals surface area contributed by atoms with E-state index in [4.69, 9.17) is 0 Å². The third-order valence-corrected chi connectivity index (χ3v) is 4.57. The number of benzene rings is 1. The molecule has 1 aliphatic rings. The lowest BCUT2D eigenvalue weighted by molar-refractivity contribution is 0.0683. The van der Waals surface area contributed by atoms with Crippen LogP contribution in [0, 0.1) is 5.92 Å². The van der Waals surface area contributed by atoms with E-state index in [1.54, 1.807) is 36.8 Å². The minimum Gasteiger partial charge on any atom is -0.348 e. The minimum atomic E-state index is -0.270. The molecule has 3 N–H and O–H groups in total. The summed E-state index contributed by atoms with van der Waals surface area (Å²) in [5.41, 5.74) is 2.29. The molecule has 0 radical (unpaired) electrons. The van der Waals surface area contributed by atoms with Crippen molar-refractivity contribution in [2.45, 2.75) is 26.2 Å². The summed E-state index contributed by atoms with van der Waals surface area (Å²) in [7, 11) is 0. The van der Waals surface area contributed by atoms with Gasteiger partial charge in [-0.25, -0.2) is 9.78 Å². The van der Waals surface area contributed by atoms with E-state index >= 15 is 0 Å². The molecular formula is C19H25N5O2. The van der Waals surface area contributed by atoms with Crippen LogP contribution in [0.5, 0.6) is 0 Å². The monoisotopic (exact) mass is 355 g/mol. The zero-order chi connectivity index (χ0) is 18.4. The number of carbonyl (C=O) groups excluding carboxylic acids is 2. The zero-order valence-corrected chi connectivity index (χ0v) is 15.0. The number of aromatic amines is 1. The summed E-state index contributed by atoms with van der Waals surface area (Å²) in [6.45, 7) is 4.33. The van der Waals surface area contributed by atoms with Crippen molar-refractivity contribution >= 4 is 17.6 Å². The van der Waals surface area contributed by atoms with Gasteiger partial charge in [-0.1, -0.05) is 6.92 Å². The summed E-state index contributed by atoms with van der Waals surface area (Å²) < 4.78 is 0. The van der Waals surface area contributed by atoms with E-state index < -0.39 is 0 Å². The fourth-order valence-electron chi connectivity index (χ4n) is 3.16. The number of hydrogen-bond acceptors (Lipinski definition) is 3. The smallest absolute Gasteiger partial charge is 0.319 e. The quantitative estimate of drug-likeness (QED) is 0.770. The molecule has 1 aliphatic heterocycles. The Labute approximate surface area is 153 Å². The van der Waals surface area contributed by atoms with Gasteiger partial charge in [0, 0.05) is 49.2 Å². The predicted octanol–water partition coefficient (Wildman–Crippen LogP) is 2.65. The second-order valence-electron chi connectivity index (χ2n) is 6.78. The Kier molecular flexibility index (Phi) is 5.88. The molecule has 1 aromatic heterocycles. The number of aromatic nitrogens is 2. The first-order valence-corrected chi connectivity index (χ1v) is 9.03. The SMILES string of the molecule is CC1CCCN(C(=O)c2ccc(NC(=O)NCCc3cnc[nH]3)cc2)C1. The van der Waals surface area contributed by atoms with Crippen LogP contribution in [-0.2, 0) is 6.42 Å². The highest BCUT2D eigenvalue weighted by Crippen LogP contribution is 2.19. The zero-order valence-electron chi connectivity index (χ0n) is 15.0. The van der Waals surface area contributed by atoms with Crippen LogP contribution >= 0.6 is 0 Å². The molecule has 7 heteroatoms. The molecule has 2 heterocycles. The number of nitrogens with one attached hydrogen (secondary N) is 3. The topological polar surface area (TPSA) is 90.1 Å². The number of anilines is 1. The van der Waals surface area contributed by atoms with Gasteiger partial charge in [0.2, 0.25) is 0 Å². The summed E-state index contributed by atoms with van der Waals surface area (Å²) in [6.07, 6.45) is 6.28. The lowest BCUT2D eigenvalue weighted by Crippen LogP contribution is -2.39. The number of carbonyl (C=O) groups is 2. The Morgan fingerprint density at radius 1 is 1.31 bits per heavy atom. The van der Waals surface area contributed by atoms with Gasteiger partial charge in [0.15, 0.2) is 0 Å². The first-order chi connectivity index (χ1) is 12.6. The largest absolute Gasteiger partial charge is 0.348 e. The van der Waals surface area contributed by atoms with Crippen molar-refractivity contribution in [3.8, 4) is 0 Å². The van der Waals surface area contributed by atoms with E-state index in [9.17, 15) is 9.59 Å². The van der Waals surface area contributed by atoms with Gasteiger partial charge in [-0.05, 0) is 43.0 Å². The van der Waals surface area contributed by atoms with Crippen LogP contribution in [0.15, 0.2) is 36.8 Å². The van der Waals surface area contributed by atoms with E-state index in [1.807, 2.05) is 4.90 Å². The fourth-order valence-corrected chi connectivity index (χ4v) is 3.16. The second-order valence-corrected chi connectivity index (χ2v) is 6.78. The third kappa shape index (κ3) is 4.84. The number of H-pyrrole nitrogens is 1. The van der Waals surface area contributed by atoms with Crippen molar-refractivity contribution in [3.63, 3.8) is 0 Å². The molecule has 0 spiro atoms. The molecule has 1 unspecified atom stereocenters. The Hall–Kier alpha value is -2.83. The molecule has 26 heavy (non-hydrogen) atoms. The Bertz CT molecular complexity index is 727. The Morgan fingerprint density at radius 2 is 2.12 bits per heavy atom. The first kappa shape index (κ1) is 18.0. The van der Waals surface area contributed by atoms with Crippen molar-refractivity contribution in [1.29, 1.82) is 0 Å². The highest BCUT2D eigenvalue weighted by Gasteiger charge is 2.21. The lowest BCUT2D eigenvalue weighted by atomic mass is 9.99. The van der Waals surface area contributed by atoms with Gasteiger partial charge in [0.25, 0.3) is 5.91 Å². The van der Waals surface area contributed by atoms with Crippen LogP contribution < -0.4 is 10.6 Å². The van der Waals surface area contributed by atoms with Crippen molar-refractivity contribution in [2.75, 3.05) is 25.0 Å². The highest BCUT2D eigenvalue weighted by molar-refractivity contribution is 5.95. The summed E-state index contributed by atoms with van der Waals surface area (Å²) in [6, 6.07) is 6.78. The molecule has 3 amide bonds. The molecule has 0 aliphatic carbocycles. The molecular weight excluding hydrogens is 330 g/mol. The summed E-state index contributed by atoms with van der Waals surface area (Å²) in [5, 5.41) is 5.56. The van der Waals surface area contributed by atoms with Gasteiger partial charge in [-0.3, -0.25) is 4.79 Å². The van der Waals surface area contributed by atoms with Crippen LogP contribution in [0.25, 0.3) is 0 Å². The number of hydrogen-bond donors (Lipinski definition) is 3. The summed E-state index contributed by atoms with van der Waals surface area (Å²) >= 11 is 0. The molecule has 1 atom stereocenters.